The summed E-state index contributed by atoms with van der Waals surface area (Å²) in [5.74, 6) is 0.0340. The van der Waals surface area contributed by atoms with E-state index in [9.17, 15) is 4.79 Å². The molecule has 4 rings (SSSR count). The normalized spacial score (nSPS) is 17.6. The first-order valence-corrected chi connectivity index (χ1v) is 10.8. The highest BCUT2D eigenvalue weighted by atomic mass is 35.5. The standard InChI is InChI=1S/C26H27ClN2O/c1-19-8-14-24(15-9-19)29-17-16-28(18-25(29)22-10-12-23(27)13-11-22)26(30)20(2)21-6-4-3-5-7-21/h3-15,20,25H,16-18H2,1-2H3. The van der Waals surface area contributed by atoms with Gasteiger partial charge < -0.3 is 9.80 Å². The van der Waals surface area contributed by atoms with E-state index < -0.39 is 0 Å². The van der Waals surface area contributed by atoms with Crippen molar-refractivity contribution in [1.82, 2.24) is 4.90 Å². The number of halogens is 1. The predicted molar refractivity (Wildman–Crippen MR) is 124 cm³/mol. The van der Waals surface area contributed by atoms with Crippen LogP contribution in [0.2, 0.25) is 5.02 Å². The zero-order valence-electron chi connectivity index (χ0n) is 17.5. The minimum absolute atomic E-state index is 0.0886. The summed E-state index contributed by atoms with van der Waals surface area (Å²) >= 11 is 6.13. The van der Waals surface area contributed by atoms with Crippen molar-refractivity contribution in [2.75, 3.05) is 24.5 Å². The fraction of sp³-hybridized carbons (Fsp3) is 0.269. The van der Waals surface area contributed by atoms with Crippen molar-refractivity contribution in [3.05, 3.63) is 101 Å². The van der Waals surface area contributed by atoms with Gasteiger partial charge in [0.25, 0.3) is 0 Å². The number of nitrogens with zero attached hydrogens (tertiary/aromatic N) is 2. The molecule has 0 bridgehead atoms. The predicted octanol–water partition coefficient (Wildman–Crippen LogP) is 5.84. The number of benzene rings is 3. The third-order valence-electron chi connectivity index (χ3n) is 5.98. The Balaban J connectivity index is 1.61. The SMILES string of the molecule is Cc1ccc(N2CCN(C(=O)C(C)c3ccccc3)CC2c2ccc(Cl)cc2)cc1. The summed E-state index contributed by atoms with van der Waals surface area (Å²) < 4.78 is 0. The van der Waals surface area contributed by atoms with E-state index in [1.54, 1.807) is 0 Å². The van der Waals surface area contributed by atoms with Crippen LogP contribution in [0.4, 0.5) is 5.69 Å². The molecule has 0 radical (unpaired) electrons. The molecular weight excluding hydrogens is 392 g/mol. The number of hydrogen-bond acceptors (Lipinski definition) is 2. The first-order chi connectivity index (χ1) is 14.5. The lowest BCUT2D eigenvalue weighted by molar-refractivity contribution is -0.133. The van der Waals surface area contributed by atoms with Gasteiger partial charge in [0.1, 0.15) is 0 Å². The quantitative estimate of drug-likeness (QED) is 0.531. The number of hydrogen-bond donors (Lipinski definition) is 0. The number of carbonyl (C=O) groups excluding carboxylic acids is 1. The van der Waals surface area contributed by atoms with E-state index in [0.717, 1.165) is 17.1 Å². The van der Waals surface area contributed by atoms with Gasteiger partial charge >= 0.3 is 0 Å². The molecule has 0 aliphatic carbocycles. The zero-order chi connectivity index (χ0) is 21.1. The van der Waals surface area contributed by atoms with E-state index in [-0.39, 0.29) is 17.9 Å². The molecule has 1 heterocycles. The van der Waals surface area contributed by atoms with E-state index in [1.807, 2.05) is 54.3 Å². The van der Waals surface area contributed by atoms with Crippen molar-refractivity contribution in [2.45, 2.75) is 25.8 Å². The topological polar surface area (TPSA) is 23.6 Å². The Kier molecular flexibility index (Phi) is 6.10. The highest BCUT2D eigenvalue weighted by Gasteiger charge is 2.32. The van der Waals surface area contributed by atoms with E-state index in [2.05, 4.69) is 48.2 Å². The number of piperazine rings is 1. The Labute approximate surface area is 183 Å². The molecule has 3 aromatic carbocycles. The van der Waals surface area contributed by atoms with Gasteiger partial charge in [-0.25, -0.2) is 0 Å². The van der Waals surface area contributed by atoms with Crippen molar-refractivity contribution in [3.63, 3.8) is 0 Å². The largest absolute Gasteiger partial charge is 0.361 e. The number of anilines is 1. The Bertz CT molecular complexity index is 986. The molecule has 2 unspecified atom stereocenters. The lowest BCUT2D eigenvalue weighted by Crippen LogP contribution is -2.51. The lowest BCUT2D eigenvalue weighted by Gasteiger charge is -2.44. The van der Waals surface area contributed by atoms with Gasteiger partial charge in [-0.3, -0.25) is 4.79 Å². The first kappa shape index (κ1) is 20.5. The molecule has 3 aromatic rings. The maximum absolute atomic E-state index is 13.3. The number of carbonyl (C=O) groups is 1. The van der Waals surface area contributed by atoms with Gasteiger partial charge in [0, 0.05) is 30.3 Å². The smallest absolute Gasteiger partial charge is 0.229 e. The Morgan fingerprint density at radius 1 is 0.933 bits per heavy atom. The molecule has 154 valence electrons. The van der Waals surface area contributed by atoms with Crippen LogP contribution in [0.5, 0.6) is 0 Å². The van der Waals surface area contributed by atoms with Crippen LogP contribution in [-0.2, 0) is 4.79 Å². The highest BCUT2D eigenvalue weighted by molar-refractivity contribution is 6.30. The molecule has 2 atom stereocenters. The van der Waals surface area contributed by atoms with Gasteiger partial charge in [0.15, 0.2) is 0 Å². The fourth-order valence-electron chi connectivity index (χ4n) is 4.16. The maximum Gasteiger partial charge on any atom is 0.229 e. The van der Waals surface area contributed by atoms with Crippen molar-refractivity contribution in [1.29, 1.82) is 0 Å². The third kappa shape index (κ3) is 4.36. The zero-order valence-corrected chi connectivity index (χ0v) is 18.2. The van der Waals surface area contributed by atoms with Crippen molar-refractivity contribution in [3.8, 4) is 0 Å². The van der Waals surface area contributed by atoms with Crippen molar-refractivity contribution >= 4 is 23.2 Å². The van der Waals surface area contributed by atoms with Gasteiger partial charge in [0.2, 0.25) is 5.91 Å². The molecule has 0 spiro atoms. The second-order valence-corrected chi connectivity index (χ2v) is 8.45. The van der Waals surface area contributed by atoms with E-state index in [0.29, 0.717) is 13.1 Å². The molecule has 1 aliphatic heterocycles. The van der Waals surface area contributed by atoms with Crippen molar-refractivity contribution in [2.24, 2.45) is 0 Å². The third-order valence-corrected chi connectivity index (χ3v) is 6.23. The van der Waals surface area contributed by atoms with Crippen LogP contribution in [-0.4, -0.2) is 30.4 Å². The van der Waals surface area contributed by atoms with Crippen LogP contribution < -0.4 is 4.90 Å². The fourth-order valence-corrected chi connectivity index (χ4v) is 4.28. The summed E-state index contributed by atoms with van der Waals surface area (Å²) in [4.78, 5) is 17.7. The first-order valence-electron chi connectivity index (χ1n) is 10.5. The van der Waals surface area contributed by atoms with Gasteiger partial charge in [-0.15, -0.1) is 0 Å². The van der Waals surface area contributed by atoms with Crippen LogP contribution >= 0.6 is 11.6 Å². The molecule has 0 N–H and O–H groups in total. The molecule has 0 aromatic heterocycles. The van der Waals surface area contributed by atoms with Crippen LogP contribution in [0.25, 0.3) is 0 Å². The summed E-state index contributed by atoms with van der Waals surface area (Å²) in [5, 5.41) is 0.724. The van der Waals surface area contributed by atoms with Crippen LogP contribution in [0, 0.1) is 6.92 Å². The maximum atomic E-state index is 13.3. The molecule has 30 heavy (non-hydrogen) atoms. The average molecular weight is 419 g/mol. The molecule has 1 fully saturated rings. The summed E-state index contributed by atoms with van der Waals surface area (Å²) in [6, 6.07) is 26.7. The molecule has 1 saturated heterocycles. The highest BCUT2D eigenvalue weighted by Crippen LogP contribution is 2.33. The van der Waals surface area contributed by atoms with Gasteiger partial charge in [-0.05, 0) is 49.2 Å². The summed E-state index contributed by atoms with van der Waals surface area (Å²) in [6.45, 7) is 6.27. The van der Waals surface area contributed by atoms with E-state index in [1.165, 1.54) is 16.8 Å². The van der Waals surface area contributed by atoms with Crippen molar-refractivity contribution < 1.29 is 4.79 Å². The molecule has 4 heteroatoms. The average Bonchev–Trinajstić information content (AvgIpc) is 2.79. The van der Waals surface area contributed by atoms with Crippen LogP contribution in [0.1, 0.15) is 35.6 Å². The lowest BCUT2D eigenvalue weighted by atomic mass is 9.97. The molecule has 3 nitrogen and oxygen atoms in total. The molecule has 1 amide bonds. The molecular formula is C26H27ClN2O. The molecule has 1 aliphatic rings. The second kappa shape index (κ2) is 8.93. The summed E-state index contributed by atoms with van der Waals surface area (Å²) in [6.07, 6.45) is 0. The minimum Gasteiger partial charge on any atom is -0.361 e. The van der Waals surface area contributed by atoms with E-state index >= 15 is 0 Å². The number of amides is 1. The Morgan fingerprint density at radius 3 is 2.27 bits per heavy atom. The second-order valence-electron chi connectivity index (χ2n) is 8.01. The Hall–Kier alpha value is -2.78. The molecule has 0 saturated carbocycles. The number of rotatable bonds is 4. The van der Waals surface area contributed by atoms with Gasteiger partial charge in [0.05, 0.1) is 12.0 Å². The monoisotopic (exact) mass is 418 g/mol. The number of aryl methyl sites for hydroxylation is 1. The minimum atomic E-state index is -0.150. The van der Waals surface area contributed by atoms with E-state index in [4.69, 9.17) is 11.6 Å². The van der Waals surface area contributed by atoms with Crippen LogP contribution in [0.15, 0.2) is 78.9 Å². The summed E-state index contributed by atoms with van der Waals surface area (Å²) in [5.41, 5.74) is 4.66. The van der Waals surface area contributed by atoms with Crippen LogP contribution in [0.3, 0.4) is 0 Å². The summed E-state index contributed by atoms with van der Waals surface area (Å²) in [7, 11) is 0. The Morgan fingerprint density at radius 2 is 1.60 bits per heavy atom. The van der Waals surface area contributed by atoms with Gasteiger partial charge in [-0.1, -0.05) is 71.8 Å². The van der Waals surface area contributed by atoms with Gasteiger partial charge in [-0.2, -0.15) is 0 Å².